The fourth-order valence-electron chi connectivity index (χ4n) is 2.23. The average molecular weight is 379 g/mol. The molecule has 0 aliphatic carbocycles. The first-order valence-electron chi connectivity index (χ1n) is 9.10. The summed E-state index contributed by atoms with van der Waals surface area (Å²) in [6, 6.07) is 16.5. The molecule has 0 saturated carbocycles. The van der Waals surface area contributed by atoms with E-state index in [4.69, 9.17) is 9.47 Å². The number of carbonyl (C=O) groups is 2. The monoisotopic (exact) mass is 379 g/mol. The molecule has 0 saturated heterocycles. The highest BCUT2D eigenvalue weighted by Gasteiger charge is 2.17. The molecule has 0 radical (unpaired) electrons. The van der Waals surface area contributed by atoms with Crippen LogP contribution in [0.15, 0.2) is 54.6 Å². The second-order valence-corrected chi connectivity index (χ2v) is 7.12. The minimum atomic E-state index is -0.542. The molecule has 5 heteroatoms. The van der Waals surface area contributed by atoms with Crippen molar-refractivity contribution in [2.45, 2.75) is 39.4 Å². The third-order valence-corrected chi connectivity index (χ3v) is 3.46. The highest BCUT2D eigenvalue weighted by molar-refractivity contribution is 5.90. The maximum Gasteiger partial charge on any atom is 0.407 e. The van der Waals surface area contributed by atoms with Gasteiger partial charge in [0.05, 0.1) is 5.56 Å². The molecule has 146 valence electrons. The Bertz CT molecular complexity index is 857. The standard InChI is InChI=1S/C23H25NO4/c1-23(2,3)28-21(25)20-14-9-13-18(16-20)10-7-8-15-24-22(26)27-17-19-11-5-4-6-12-19/h4-6,9,11-14,16H,8,15,17H2,1-3H3,(H,24,26). The highest BCUT2D eigenvalue weighted by Crippen LogP contribution is 2.13. The largest absolute Gasteiger partial charge is 0.456 e. The van der Waals surface area contributed by atoms with Gasteiger partial charge < -0.3 is 14.8 Å². The quantitative estimate of drug-likeness (QED) is 0.478. The van der Waals surface area contributed by atoms with Crippen molar-refractivity contribution in [2.24, 2.45) is 0 Å². The summed E-state index contributed by atoms with van der Waals surface area (Å²) in [6.07, 6.45) is -0.00512. The molecular weight excluding hydrogens is 354 g/mol. The van der Waals surface area contributed by atoms with E-state index in [9.17, 15) is 9.59 Å². The zero-order valence-corrected chi connectivity index (χ0v) is 16.5. The van der Waals surface area contributed by atoms with Gasteiger partial charge in [-0.2, -0.15) is 0 Å². The lowest BCUT2D eigenvalue weighted by Crippen LogP contribution is -2.24. The molecule has 1 N–H and O–H groups in total. The van der Waals surface area contributed by atoms with Crippen LogP contribution in [0.25, 0.3) is 0 Å². The summed E-state index contributed by atoms with van der Waals surface area (Å²) >= 11 is 0. The Morgan fingerprint density at radius 3 is 2.50 bits per heavy atom. The number of alkyl carbamates (subject to hydrolysis) is 1. The van der Waals surface area contributed by atoms with Crippen molar-refractivity contribution in [3.05, 3.63) is 71.3 Å². The van der Waals surface area contributed by atoms with Crippen molar-refractivity contribution in [1.29, 1.82) is 0 Å². The van der Waals surface area contributed by atoms with Gasteiger partial charge in [0.25, 0.3) is 0 Å². The number of nitrogens with one attached hydrogen (secondary N) is 1. The summed E-state index contributed by atoms with van der Waals surface area (Å²) in [6.45, 7) is 6.09. The van der Waals surface area contributed by atoms with Gasteiger partial charge in [0, 0.05) is 18.5 Å². The molecule has 2 rings (SSSR count). The third kappa shape index (κ3) is 7.96. The van der Waals surface area contributed by atoms with Gasteiger partial charge in [-0.1, -0.05) is 48.2 Å². The van der Waals surface area contributed by atoms with Crippen LogP contribution in [-0.4, -0.2) is 24.2 Å². The lowest BCUT2D eigenvalue weighted by molar-refractivity contribution is 0.00694. The van der Waals surface area contributed by atoms with Gasteiger partial charge in [-0.3, -0.25) is 0 Å². The maximum atomic E-state index is 12.1. The Hall–Kier alpha value is -3.26. The molecule has 28 heavy (non-hydrogen) atoms. The summed E-state index contributed by atoms with van der Waals surface area (Å²) in [5, 5.41) is 2.66. The Kier molecular flexibility index (Phi) is 7.65. The zero-order chi connectivity index (χ0) is 20.4. The molecule has 0 aliphatic heterocycles. The number of rotatable bonds is 5. The van der Waals surface area contributed by atoms with Crippen molar-refractivity contribution in [2.75, 3.05) is 6.54 Å². The van der Waals surface area contributed by atoms with Gasteiger partial charge in [-0.15, -0.1) is 0 Å². The van der Waals surface area contributed by atoms with Crippen LogP contribution in [-0.2, 0) is 16.1 Å². The second kappa shape index (κ2) is 10.2. The van der Waals surface area contributed by atoms with Crippen molar-refractivity contribution < 1.29 is 19.1 Å². The van der Waals surface area contributed by atoms with Gasteiger partial charge in [0.1, 0.15) is 12.2 Å². The molecule has 0 heterocycles. The molecule has 0 fully saturated rings. The van der Waals surface area contributed by atoms with Crippen LogP contribution in [0.4, 0.5) is 4.79 Å². The van der Waals surface area contributed by atoms with E-state index in [2.05, 4.69) is 17.2 Å². The van der Waals surface area contributed by atoms with E-state index in [0.717, 1.165) is 11.1 Å². The predicted molar refractivity (Wildman–Crippen MR) is 108 cm³/mol. The van der Waals surface area contributed by atoms with Crippen LogP contribution >= 0.6 is 0 Å². The molecule has 5 nitrogen and oxygen atoms in total. The van der Waals surface area contributed by atoms with Crippen molar-refractivity contribution in [3.8, 4) is 11.8 Å². The number of benzene rings is 2. The molecule has 0 spiro atoms. The molecule has 2 aromatic carbocycles. The first kappa shape index (κ1) is 21.0. The maximum absolute atomic E-state index is 12.1. The fraction of sp³-hybridized carbons (Fsp3) is 0.304. The Balaban J connectivity index is 1.76. The minimum Gasteiger partial charge on any atom is -0.456 e. The van der Waals surface area contributed by atoms with Gasteiger partial charge in [0.15, 0.2) is 0 Å². The molecular formula is C23H25NO4. The fourth-order valence-corrected chi connectivity index (χ4v) is 2.23. The van der Waals surface area contributed by atoms with E-state index in [1.54, 1.807) is 18.2 Å². The van der Waals surface area contributed by atoms with Crippen molar-refractivity contribution >= 4 is 12.1 Å². The zero-order valence-electron chi connectivity index (χ0n) is 16.5. The van der Waals surface area contributed by atoms with E-state index in [0.29, 0.717) is 18.5 Å². The predicted octanol–water partition coefficient (Wildman–Crippen LogP) is 4.31. The van der Waals surface area contributed by atoms with Crippen LogP contribution in [0, 0.1) is 11.8 Å². The summed E-state index contributed by atoms with van der Waals surface area (Å²) in [5.74, 6) is 5.58. The van der Waals surface area contributed by atoms with E-state index in [1.807, 2.05) is 57.2 Å². The van der Waals surface area contributed by atoms with Crippen molar-refractivity contribution in [1.82, 2.24) is 5.32 Å². The van der Waals surface area contributed by atoms with Gasteiger partial charge in [0.2, 0.25) is 0 Å². The number of hydrogen-bond acceptors (Lipinski definition) is 4. The number of ether oxygens (including phenoxy) is 2. The van der Waals surface area contributed by atoms with Gasteiger partial charge in [-0.25, -0.2) is 9.59 Å². The average Bonchev–Trinajstić information content (AvgIpc) is 2.66. The van der Waals surface area contributed by atoms with E-state index in [1.165, 1.54) is 0 Å². The highest BCUT2D eigenvalue weighted by atomic mass is 16.6. The van der Waals surface area contributed by atoms with Crippen LogP contribution < -0.4 is 5.32 Å². The number of hydrogen-bond donors (Lipinski definition) is 1. The summed E-state index contributed by atoms with van der Waals surface area (Å²) in [7, 11) is 0. The molecule has 0 unspecified atom stereocenters. The number of carbonyl (C=O) groups excluding carboxylic acids is 2. The summed E-state index contributed by atoms with van der Waals surface area (Å²) < 4.78 is 10.5. The molecule has 1 amide bonds. The Labute approximate surface area is 166 Å². The second-order valence-electron chi connectivity index (χ2n) is 7.12. The van der Waals surface area contributed by atoms with E-state index >= 15 is 0 Å². The van der Waals surface area contributed by atoms with Crippen LogP contribution in [0.3, 0.4) is 0 Å². The topological polar surface area (TPSA) is 64.6 Å². The molecule has 0 bridgehead atoms. The Morgan fingerprint density at radius 1 is 1.04 bits per heavy atom. The van der Waals surface area contributed by atoms with E-state index in [-0.39, 0.29) is 12.6 Å². The van der Waals surface area contributed by atoms with E-state index < -0.39 is 11.7 Å². The molecule has 0 aromatic heterocycles. The van der Waals surface area contributed by atoms with Crippen LogP contribution in [0.2, 0.25) is 0 Å². The summed E-state index contributed by atoms with van der Waals surface area (Å²) in [4.78, 5) is 23.7. The normalized spacial score (nSPS) is 10.4. The van der Waals surface area contributed by atoms with Crippen LogP contribution in [0.1, 0.15) is 48.7 Å². The van der Waals surface area contributed by atoms with Gasteiger partial charge in [-0.05, 0) is 44.5 Å². The third-order valence-electron chi connectivity index (χ3n) is 3.46. The molecule has 0 aliphatic rings. The van der Waals surface area contributed by atoms with Gasteiger partial charge >= 0.3 is 12.1 Å². The number of esters is 1. The van der Waals surface area contributed by atoms with Crippen LogP contribution in [0.5, 0.6) is 0 Å². The molecule has 0 atom stereocenters. The first-order valence-corrected chi connectivity index (χ1v) is 9.10. The molecule has 2 aromatic rings. The summed E-state index contributed by atoms with van der Waals surface area (Å²) in [5.41, 5.74) is 1.57. The first-order chi connectivity index (χ1) is 13.3. The smallest absolute Gasteiger partial charge is 0.407 e. The lowest BCUT2D eigenvalue weighted by atomic mass is 10.1. The lowest BCUT2D eigenvalue weighted by Gasteiger charge is -2.19. The Morgan fingerprint density at radius 2 is 1.79 bits per heavy atom. The SMILES string of the molecule is CC(C)(C)OC(=O)c1cccc(C#CCCNC(=O)OCc2ccccc2)c1. The van der Waals surface area contributed by atoms with Crippen molar-refractivity contribution in [3.63, 3.8) is 0 Å². The number of amides is 1. The minimum absolute atomic E-state index is 0.232.